The number of carbonyl (C=O) groups is 7. The number of primary amides is 1. The molecule has 0 spiro atoms. The van der Waals surface area contributed by atoms with Crippen LogP contribution >= 0.6 is 0 Å². The molecule has 4 aliphatic rings. The fourth-order valence-corrected chi connectivity index (χ4v) is 14.1. The molecule has 8 aromatic carbocycles. The summed E-state index contributed by atoms with van der Waals surface area (Å²) >= 11 is 0. The first-order valence-electron chi connectivity index (χ1n) is 33.3. The van der Waals surface area contributed by atoms with Crippen LogP contribution in [0, 0.1) is 0 Å². The fourth-order valence-electron chi connectivity index (χ4n) is 14.1. The van der Waals surface area contributed by atoms with Gasteiger partial charge in [0.1, 0.15) is 44.6 Å². The Morgan fingerprint density at radius 1 is 0.292 bits per heavy atom. The lowest BCUT2D eigenvalue weighted by Gasteiger charge is -2.23. The maximum atomic E-state index is 14.2. The smallest absolute Gasteiger partial charge is 0.407 e. The van der Waals surface area contributed by atoms with Crippen molar-refractivity contribution < 1.29 is 52.5 Å². The van der Waals surface area contributed by atoms with Crippen molar-refractivity contribution in [2.45, 2.75) is 99.6 Å². The molecule has 0 radical (unpaired) electrons. The Bertz CT molecular complexity index is 3970. The van der Waals surface area contributed by atoms with Gasteiger partial charge in [-0.1, -0.05) is 194 Å². The van der Waals surface area contributed by atoms with Gasteiger partial charge in [0.15, 0.2) is 0 Å². The molecule has 8 aromatic rings. The van der Waals surface area contributed by atoms with Gasteiger partial charge >= 0.3 is 24.4 Å². The number of hydrogen-bond acceptors (Lipinski definition) is 11. The van der Waals surface area contributed by atoms with Gasteiger partial charge in [0.25, 0.3) is 0 Å². The van der Waals surface area contributed by atoms with Gasteiger partial charge in [0.2, 0.25) is 17.7 Å². The minimum absolute atomic E-state index is 0.00805. The van der Waals surface area contributed by atoms with Crippen LogP contribution in [0.2, 0.25) is 0 Å². The predicted molar refractivity (Wildman–Crippen MR) is 366 cm³/mol. The summed E-state index contributed by atoms with van der Waals surface area (Å²) in [6.07, 6.45) is 0.169. The van der Waals surface area contributed by atoms with Crippen LogP contribution in [0.5, 0.6) is 0 Å². The van der Waals surface area contributed by atoms with Gasteiger partial charge in [-0.15, -0.1) is 0 Å². The van der Waals surface area contributed by atoms with Crippen molar-refractivity contribution >= 4 is 42.1 Å². The Kier molecular flexibility index (Phi) is 21.1. The highest BCUT2D eigenvalue weighted by Gasteiger charge is 2.35. The van der Waals surface area contributed by atoms with Crippen LogP contribution in [0.1, 0.15) is 126 Å². The van der Waals surface area contributed by atoms with E-state index in [2.05, 4.69) is 80.4 Å². The molecule has 0 aromatic heterocycles. The quantitative estimate of drug-likeness (QED) is 0.0171. The van der Waals surface area contributed by atoms with Gasteiger partial charge in [-0.25, -0.2) is 19.2 Å². The van der Waals surface area contributed by atoms with Crippen LogP contribution < -0.4 is 37.6 Å². The number of hydrogen-bond donors (Lipinski definition) is 7. The Morgan fingerprint density at radius 2 is 0.531 bits per heavy atom. The minimum atomic E-state index is -1.15. The zero-order valence-corrected chi connectivity index (χ0v) is 53.4. The summed E-state index contributed by atoms with van der Waals surface area (Å²) in [6.45, 7) is 1.03. The summed E-state index contributed by atoms with van der Waals surface area (Å²) in [5.74, 6) is -2.52. The zero-order chi connectivity index (χ0) is 66.3. The second-order valence-electron chi connectivity index (χ2n) is 24.8. The predicted octanol–water partition coefficient (Wildman–Crippen LogP) is 12.5. The number of carbonyl (C=O) groups excluding carboxylic acids is 7. The first-order valence-corrected chi connectivity index (χ1v) is 33.3. The molecule has 0 saturated carbocycles. The maximum Gasteiger partial charge on any atom is 0.407 e. The van der Waals surface area contributed by atoms with E-state index in [0.29, 0.717) is 38.5 Å². The molecule has 0 fully saturated rings. The molecule has 96 heavy (non-hydrogen) atoms. The first-order chi connectivity index (χ1) is 47.0. The largest absolute Gasteiger partial charge is 0.449 e. The van der Waals surface area contributed by atoms with E-state index in [-0.39, 0.29) is 89.0 Å². The van der Waals surface area contributed by atoms with Crippen molar-refractivity contribution in [1.82, 2.24) is 31.9 Å². The number of alkyl carbamates (subject to hydrolysis) is 4. The average Bonchev–Trinajstić information content (AvgIpc) is 1.69. The summed E-state index contributed by atoms with van der Waals surface area (Å²) in [5, 5.41) is 16.9. The Hall–Kier alpha value is -10.8. The van der Waals surface area contributed by atoms with Crippen molar-refractivity contribution in [3.8, 4) is 44.5 Å². The topological polar surface area (TPSA) is 255 Å². The SMILES string of the molecule is NC(=O)C(CCCCNC(=O)C(CCCCNC(=O)OCC1c2ccccc2-c2ccccc21)NC(=O)OCC1c2ccccc2-c2ccccc21)NC(=O)C(CCCCNC(=O)OCC1c2ccccc2-c2ccccc21)NC(=O)OCC1c2ccccc2-c2ccccc21. The molecular weight excluding hydrogens is 1210 g/mol. The standard InChI is InChI=1S/C78H79N7O11/c79-72(86)69(83-74(88)71(85-78(92)96-48-68-63-37-15-7-29-55(63)56-30-8-16-38-64(56)68)41-19-22-44-82-76(90)94-46-66-59-33-11-3-25-51(59)52-26-4-12-34-60(52)66)39-17-20-42-80-73(87)70(84-77(91)95-47-67-61-35-13-5-27-53(61)54-28-6-14-36-62(54)67)40-18-21-43-81-75(89)93-45-65-57-31-9-1-23-49(57)50-24-2-10-32-58(50)65/h1-16,23-38,65-71H,17-22,39-48H2,(H2,79,86)(H,80,87)(H,81,89)(H,82,90)(H,83,88)(H,84,91)(H,85,92). The van der Waals surface area contributed by atoms with Crippen molar-refractivity contribution in [3.63, 3.8) is 0 Å². The van der Waals surface area contributed by atoms with E-state index >= 15 is 0 Å². The Labute approximate surface area is 558 Å². The highest BCUT2D eigenvalue weighted by molar-refractivity contribution is 5.91. The molecule has 3 atom stereocenters. The monoisotopic (exact) mass is 1290 g/mol. The first kappa shape index (κ1) is 65.3. The summed E-state index contributed by atoms with van der Waals surface area (Å²) in [7, 11) is 0. The van der Waals surface area contributed by atoms with Gasteiger partial charge < -0.3 is 56.6 Å². The van der Waals surface area contributed by atoms with Gasteiger partial charge in [-0.05, 0) is 147 Å². The number of amides is 7. The highest BCUT2D eigenvalue weighted by Crippen LogP contribution is 2.48. The molecule has 492 valence electrons. The lowest BCUT2D eigenvalue weighted by atomic mass is 9.98. The van der Waals surface area contributed by atoms with Crippen LogP contribution in [0.3, 0.4) is 0 Å². The van der Waals surface area contributed by atoms with Crippen molar-refractivity contribution in [2.75, 3.05) is 46.1 Å². The molecule has 0 aliphatic heterocycles. The number of benzene rings is 8. The van der Waals surface area contributed by atoms with Gasteiger partial charge in [0.05, 0.1) is 0 Å². The van der Waals surface area contributed by atoms with Crippen molar-refractivity contribution in [1.29, 1.82) is 0 Å². The van der Waals surface area contributed by atoms with Gasteiger partial charge in [0, 0.05) is 43.3 Å². The van der Waals surface area contributed by atoms with Crippen LogP contribution in [0.4, 0.5) is 19.2 Å². The van der Waals surface area contributed by atoms with Gasteiger partial charge in [-0.2, -0.15) is 0 Å². The van der Waals surface area contributed by atoms with Crippen molar-refractivity contribution in [3.05, 3.63) is 239 Å². The van der Waals surface area contributed by atoms with E-state index in [4.69, 9.17) is 24.7 Å². The van der Waals surface area contributed by atoms with Gasteiger partial charge in [-0.3, -0.25) is 14.4 Å². The molecule has 18 heteroatoms. The summed E-state index contributed by atoms with van der Waals surface area (Å²) < 4.78 is 23.2. The lowest BCUT2D eigenvalue weighted by molar-refractivity contribution is -0.128. The Balaban J connectivity index is 0.629. The number of nitrogens with two attached hydrogens (primary N) is 1. The molecule has 3 unspecified atom stereocenters. The van der Waals surface area contributed by atoms with E-state index in [1.807, 2.05) is 146 Å². The number of rotatable bonds is 29. The zero-order valence-electron chi connectivity index (χ0n) is 53.4. The second kappa shape index (κ2) is 31.0. The summed E-state index contributed by atoms with van der Waals surface area (Å²) in [4.78, 5) is 94.6. The minimum Gasteiger partial charge on any atom is -0.449 e. The van der Waals surface area contributed by atoms with E-state index in [1.54, 1.807) is 0 Å². The molecule has 0 bridgehead atoms. The van der Waals surface area contributed by atoms with Crippen LogP contribution in [-0.4, -0.2) is 106 Å². The van der Waals surface area contributed by atoms with E-state index < -0.39 is 60.2 Å². The van der Waals surface area contributed by atoms with E-state index in [9.17, 15) is 33.6 Å². The Morgan fingerprint density at radius 3 is 0.812 bits per heavy atom. The lowest BCUT2D eigenvalue weighted by Crippen LogP contribution is -2.53. The number of fused-ring (bicyclic) bond motifs is 12. The van der Waals surface area contributed by atoms with Crippen LogP contribution in [0.15, 0.2) is 194 Å². The van der Waals surface area contributed by atoms with E-state index in [0.717, 1.165) is 89.0 Å². The molecule has 12 rings (SSSR count). The van der Waals surface area contributed by atoms with Crippen molar-refractivity contribution in [2.24, 2.45) is 5.73 Å². The third kappa shape index (κ3) is 15.1. The summed E-state index contributed by atoms with van der Waals surface area (Å²) in [6, 6.07) is 61.1. The van der Waals surface area contributed by atoms with Crippen LogP contribution in [0.25, 0.3) is 44.5 Å². The van der Waals surface area contributed by atoms with E-state index in [1.165, 1.54) is 0 Å². The molecule has 8 N–H and O–H groups in total. The molecule has 0 heterocycles. The maximum absolute atomic E-state index is 14.2. The second-order valence-corrected chi connectivity index (χ2v) is 24.8. The highest BCUT2D eigenvalue weighted by atomic mass is 16.6. The van der Waals surface area contributed by atoms with Crippen LogP contribution in [-0.2, 0) is 33.3 Å². The average molecular weight is 1290 g/mol. The molecule has 4 aliphatic carbocycles. The molecule has 18 nitrogen and oxygen atoms in total. The fraction of sp³-hybridized carbons (Fsp3) is 0.295. The third-order valence-electron chi connectivity index (χ3n) is 18.8. The number of unbranched alkanes of at least 4 members (excludes halogenated alkanes) is 3. The number of nitrogens with one attached hydrogen (secondary N) is 6. The normalized spacial score (nSPS) is 13.9. The molecule has 7 amide bonds. The summed E-state index contributed by atoms with van der Waals surface area (Å²) in [5.41, 5.74) is 23.2. The number of ether oxygens (including phenoxy) is 4. The molecular formula is C78H79N7O11. The molecule has 0 saturated heterocycles. The third-order valence-corrected chi connectivity index (χ3v) is 18.8.